The van der Waals surface area contributed by atoms with Crippen LogP contribution in [0, 0.1) is 13.8 Å². The van der Waals surface area contributed by atoms with Crippen LogP contribution in [-0.2, 0) is 17.8 Å². The second kappa shape index (κ2) is 7.79. The molecule has 0 aliphatic heterocycles. The van der Waals surface area contributed by atoms with E-state index in [1.807, 2.05) is 60.9 Å². The third-order valence-electron chi connectivity index (χ3n) is 5.08. The highest BCUT2D eigenvalue weighted by Crippen LogP contribution is 2.24. The summed E-state index contributed by atoms with van der Waals surface area (Å²) in [6, 6.07) is 13.5. The van der Waals surface area contributed by atoms with Crippen molar-refractivity contribution in [1.82, 2.24) is 19.4 Å². The van der Waals surface area contributed by atoms with E-state index in [9.17, 15) is 9.59 Å². The second-order valence-electron chi connectivity index (χ2n) is 6.94. The maximum absolute atomic E-state index is 13.1. The third kappa shape index (κ3) is 3.59. The zero-order chi connectivity index (χ0) is 20.4. The molecule has 7 nitrogen and oxygen atoms in total. The van der Waals surface area contributed by atoms with E-state index in [0.29, 0.717) is 24.0 Å². The third-order valence-corrected chi connectivity index (χ3v) is 5.08. The van der Waals surface area contributed by atoms with Gasteiger partial charge in [0.05, 0.1) is 11.6 Å². The number of hydrogen-bond acceptors (Lipinski definition) is 4. The molecule has 4 aromatic rings. The van der Waals surface area contributed by atoms with Crippen molar-refractivity contribution in [3.8, 4) is 5.69 Å². The fourth-order valence-electron chi connectivity index (χ4n) is 3.48. The number of rotatable bonds is 6. The van der Waals surface area contributed by atoms with E-state index in [-0.39, 0.29) is 18.0 Å². The quantitative estimate of drug-likeness (QED) is 0.549. The van der Waals surface area contributed by atoms with Crippen LogP contribution >= 0.6 is 0 Å². The van der Waals surface area contributed by atoms with Crippen molar-refractivity contribution in [2.45, 2.75) is 26.8 Å². The van der Waals surface area contributed by atoms with Gasteiger partial charge in [0.1, 0.15) is 18.6 Å². The van der Waals surface area contributed by atoms with Gasteiger partial charge in [-0.05, 0) is 43.7 Å². The number of para-hydroxylation sites is 1. The summed E-state index contributed by atoms with van der Waals surface area (Å²) in [6.45, 7) is 4.25. The number of benzene rings is 1. The molecule has 0 aliphatic carbocycles. The Bertz CT molecular complexity index is 1200. The van der Waals surface area contributed by atoms with Crippen LogP contribution in [0.5, 0.6) is 0 Å². The molecular formula is C22H22N4O3. The first-order valence-electron chi connectivity index (χ1n) is 9.48. The number of nitrogens with one attached hydrogen (secondary N) is 1. The standard InChI is InChI=1S/C22H22N4O3/c1-15-16(2)26(17-7-4-3-5-8-17)21-20(15)22(28)25(14-24-21)13-19(27)23-11-10-18-9-6-12-29-18/h3-9,12,14H,10-11,13H2,1-2H3,(H,23,27). The highest BCUT2D eigenvalue weighted by molar-refractivity contribution is 5.83. The summed E-state index contributed by atoms with van der Waals surface area (Å²) >= 11 is 0. The number of hydrogen-bond donors (Lipinski definition) is 1. The van der Waals surface area contributed by atoms with Gasteiger partial charge in [-0.1, -0.05) is 18.2 Å². The molecule has 148 valence electrons. The summed E-state index contributed by atoms with van der Waals surface area (Å²) in [6.07, 6.45) is 3.64. The van der Waals surface area contributed by atoms with Crippen LogP contribution in [0.25, 0.3) is 16.7 Å². The maximum Gasteiger partial charge on any atom is 0.263 e. The Kier molecular flexibility index (Phi) is 5.03. The van der Waals surface area contributed by atoms with E-state index in [1.54, 1.807) is 6.26 Å². The SMILES string of the molecule is Cc1c(C)n(-c2ccccc2)c2ncn(CC(=O)NCCc3ccco3)c(=O)c12. The molecule has 0 radical (unpaired) electrons. The summed E-state index contributed by atoms with van der Waals surface area (Å²) in [5, 5.41) is 3.35. The molecule has 0 atom stereocenters. The molecule has 1 amide bonds. The van der Waals surface area contributed by atoms with Crippen LogP contribution in [0.1, 0.15) is 17.0 Å². The summed E-state index contributed by atoms with van der Waals surface area (Å²) in [7, 11) is 0. The number of carbonyl (C=O) groups is 1. The van der Waals surface area contributed by atoms with Crippen molar-refractivity contribution in [3.63, 3.8) is 0 Å². The highest BCUT2D eigenvalue weighted by Gasteiger charge is 2.18. The summed E-state index contributed by atoms with van der Waals surface area (Å²) in [4.78, 5) is 29.8. The molecule has 0 saturated carbocycles. The highest BCUT2D eigenvalue weighted by atomic mass is 16.3. The smallest absolute Gasteiger partial charge is 0.263 e. The molecule has 0 fully saturated rings. The van der Waals surface area contributed by atoms with Crippen molar-refractivity contribution in [1.29, 1.82) is 0 Å². The number of aryl methyl sites for hydroxylation is 1. The van der Waals surface area contributed by atoms with Crippen molar-refractivity contribution in [3.05, 3.63) is 82.4 Å². The maximum atomic E-state index is 13.1. The van der Waals surface area contributed by atoms with E-state index in [2.05, 4.69) is 10.3 Å². The average molecular weight is 390 g/mol. The predicted molar refractivity (Wildman–Crippen MR) is 110 cm³/mol. The van der Waals surface area contributed by atoms with Gasteiger partial charge in [-0.15, -0.1) is 0 Å². The number of nitrogens with zero attached hydrogens (tertiary/aromatic N) is 3. The minimum atomic E-state index is -0.239. The molecule has 1 N–H and O–H groups in total. The van der Waals surface area contributed by atoms with Crippen molar-refractivity contribution >= 4 is 16.9 Å². The molecule has 3 aromatic heterocycles. The van der Waals surface area contributed by atoms with E-state index >= 15 is 0 Å². The summed E-state index contributed by atoms with van der Waals surface area (Å²) in [5.74, 6) is 0.565. The lowest BCUT2D eigenvalue weighted by atomic mass is 10.2. The number of aromatic nitrogens is 3. The lowest BCUT2D eigenvalue weighted by Crippen LogP contribution is -2.33. The van der Waals surface area contributed by atoms with Gasteiger partial charge in [0.25, 0.3) is 5.56 Å². The van der Waals surface area contributed by atoms with Crippen molar-refractivity contribution < 1.29 is 9.21 Å². The van der Waals surface area contributed by atoms with Crippen molar-refractivity contribution in [2.75, 3.05) is 6.54 Å². The Hall–Kier alpha value is -3.61. The number of furan rings is 1. The van der Waals surface area contributed by atoms with E-state index in [4.69, 9.17) is 4.42 Å². The van der Waals surface area contributed by atoms with Gasteiger partial charge in [0, 0.05) is 24.3 Å². The molecule has 0 aliphatic rings. The first-order chi connectivity index (χ1) is 14.1. The largest absolute Gasteiger partial charge is 0.469 e. The topological polar surface area (TPSA) is 82.1 Å². The van der Waals surface area contributed by atoms with Gasteiger partial charge in [-0.2, -0.15) is 0 Å². The fraction of sp³-hybridized carbons (Fsp3) is 0.227. The lowest BCUT2D eigenvalue weighted by molar-refractivity contribution is -0.121. The lowest BCUT2D eigenvalue weighted by Gasteiger charge is -2.09. The average Bonchev–Trinajstić information content (AvgIpc) is 3.32. The predicted octanol–water partition coefficient (Wildman–Crippen LogP) is 2.76. The minimum Gasteiger partial charge on any atom is -0.469 e. The Labute approximate surface area is 167 Å². The number of carbonyl (C=O) groups excluding carboxylic acids is 1. The van der Waals surface area contributed by atoms with Crippen LogP contribution < -0.4 is 10.9 Å². The van der Waals surface area contributed by atoms with Crippen LogP contribution in [0.3, 0.4) is 0 Å². The molecular weight excluding hydrogens is 368 g/mol. The molecule has 4 rings (SSSR count). The normalized spacial score (nSPS) is 11.1. The van der Waals surface area contributed by atoms with Crippen molar-refractivity contribution in [2.24, 2.45) is 0 Å². The van der Waals surface area contributed by atoms with Gasteiger partial charge in [0.15, 0.2) is 5.65 Å². The molecule has 1 aromatic carbocycles. The summed E-state index contributed by atoms with van der Waals surface area (Å²) in [5.41, 5.74) is 3.16. The molecule has 7 heteroatoms. The molecule has 3 heterocycles. The van der Waals surface area contributed by atoms with Gasteiger partial charge >= 0.3 is 0 Å². The fourth-order valence-corrected chi connectivity index (χ4v) is 3.48. The zero-order valence-electron chi connectivity index (χ0n) is 16.4. The molecule has 0 saturated heterocycles. The Morgan fingerprint density at radius 1 is 1.14 bits per heavy atom. The molecule has 0 bridgehead atoms. The van der Waals surface area contributed by atoms with E-state index in [0.717, 1.165) is 22.7 Å². The van der Waals surface area contributed by atoms with Crippen LogP contribution in [0.4, 0.5) is 0 Å². The van der Waals surface area contributed by atoms with E-state index in [1.165, 1.54) is 10.9 Å². The van der Waals surface area contributed by atoms with Gasteiger partial charge in [-0.3, -0.25) is 18.7 Å². The van der Waals surface area contributed by atoms with Gasteiger partial charge < -0.3 is 9.73 Å². The number of fused-ring (bicyclic) bond motifs is 1. The Morgan fingerprint density at radius 2 is 1.93 bits per heavy atom. The monoisotopic (exact) mass is 390 g/mol. The first kappa shape index (κ1) is 18.7. The first-order valence-corrected chi connectivity index (χ1v) is 9.48. The van der Waals surface area contributed by atoms with Crippen LogP contribution in [-0.4, -0.2) is 26.6 Å². The summed E-state index contributed by atoms with van der Waals surface area (Å²) < 4.78 is 8.57. The van der Waals surface area contributed by atoms with Gasteiger partial charge in [-0.25, -0.2) is 4.98 Å². The molecule has 0 spiro atoms. The Morgan fingerprint density at radius 3 is 2.66 bits per heavy atom. The van der Waals surface area contributed by atoms with Crippen LogP contribution in [0.15, 0.2) is 64.3 Å². The van der Waals surface area contributed by atoms with Gasteiger partial charge in [0.2, 0.25) is 5.91 Å². The number of amides is 1. The van der Waals surface area contributed by atoms with E-state index < -0.39 is 0 Å². The Balaban J connectivity index is 1.59. The second-order valence-corrected chi connectivity index (χ2v) is 6.94. The minimum absolute atomic E-state index is 0.0745. The molecule has 0 unspecified atom stereocenters. The van der Waals surface area contributed by atoms with Crippen LogP contribution in [0.2, 0.25) is 0 Å². The zero-order valence-corrected chi connectivity index (χ0v) is 16.4. The molecule has 29 heavy (non-hydrogen) atoms.